The predicted octanol–water partition coefficient (Wildman–Crippen LogP) is 3.91. The molecule has 0 aliphatic rings. The summed E-state index contributed by atoms with van der Waals surface area (Å²) in [7, 11) is 0. The number of hydrogen-bond donors (Lipinski definition) is 2. The van der Waals surface area contributed by atoms with Gasteiger partial charge in [-0.2, -0.15) is 13.2 Å². The second-order valence-electron chi connectivity index (χ2n) is 4.24. The van der Waals surface area contributed by atoms with Crippen molar-refractivity contribution in [3.05, 3.63) is 70.2 Å². The quantitative estimate of drug-likeness (QED) is 0.666. The minimum Gasteiger partial charge on any atom is -0.271 e. The first-order valence-electron chi connectivity index (χ1n) is 5.81. The lowest BCUT2D eigenvalue weighted by atomic mass is 9.94. The van der Waals surface area contributed by atoms with Gasteiger partial charge in [-0.1, -0.05) is 41.9 Å². The van der Waals surface area contributed by atoms with Gasteiger partial charge in [0.15, 0.2) is 0 Å². The zero-order valence-corrected chi connectivity index (χ0v) is 11.0. The van der Waals surface area contributed by atoms with E-state index in [-0.39, 0.29) is 5.56 Å². The van der Waals surface area contributed by atoms with Gasteiger partial charge in [-0.3, -0.25) is 5.84 Å². The normalized spacial score (nSPS) is 13.2. The molecule has 0 fully saturated rings. The molecule has 0 saturated carbocycles. The van der Waals surface area contributed by atoms with Crippen molar-refractivity contribution < 1.29 is 13.2 Å². The summed E-state index contributed by atoms with van der Waals surface area (Å²) in [4.78, 5) is 0. The molecule has 0 spiro atoms. The summed E-state index contributed by atoms with van der Waals surface area (Å²) in [5, 5.41) is 0.508. The SMILES string of the molecule is NNC(c1ccc(Cl)cc1)c1ccccc1C(F)(F)F. The molecule has 0 aromatic heterocycles. The van der Waals surface area contributed by atoms with E-state index in [0.29, 0.717) is 10.6 Å². The molecule has 20 heavy (non-hydrogen) atoms. The molecule has 0 aliphatic heterocycles. The molecule has 0 radical (unpaired) electrons. The van der Waals surface area contributed by atoms with Crippen molar-refractivity contribution in [2.24, 2.45) is 5.84 Å². The highest BCUT2D eigenvalue weighted by Gasteiger charge is 2.35. The summed E-state index contributed by atoms with van der Waals surface area (Å²) in [6, 6.07) is 11.1. The van der Waals surface area contributed by atoms with Crippen molar-refractivity contribution in [2.75, 3.05) is 0 Å². The Morgan fingerprint density at radius 3 is 2.15 bits per heavy atom. The van der Waals surface area contributed by atoms with E-state index in [9.17, 15) is 13.2 Å². The number of hydrogen-bond acceptors (Lipinski definition) is 2. The average Bonchev–Trinajstić information content (AvgIpc) is 2.41. The molecule has 0 bridgehead atoms. The summed E-state index contributed by atoms with van der Waals surface area (Å²) in [6.07, 6.45) is -4.43. The average molecular weight is 301 g/mol. The molecule has 1 unspecified atom stereocenters. The van der Waals surface area contributed by atoms with Gasteiger partial charge in [0.1, 0.15) is 0 Å². The topological polar surface area (TPSA) is 38.0 Å². The van der Waals surface area contributed by atoms with E-state index >= 15 is 0 Å². The molecule has 1 atom stereocenters. The zero-order valence-electron chi connectivity index (χ0n) is 10.3. The van der Waals surface area contributed by atoms with Gasteiger partial charge in [-0.25, -0.2) is 5.43 Å². The van der Waals surface area contributed by atoms with E-state index in [2.05, 4.69) is 5.43 Å². The maximum absolute atomic E-state index is 13.0. The summed E-state index contributed by atoms with van der Waals surface area (Å²) in [5.41, 5.74) is 2.39. The molecule has 2 rings (SSSR count). The Kier molecular flexibility index (Phi) is 4.32. The van der Waals surface area contributed by atoms with Crippen LogP contribution in [0.4, 0.5) is 13.2 Å². The highest BCUT2D eigenvalue weighted by molar-refractivity contribution is 6.30. The molecule has 0 aliphatic carbocycles. The minimum atomic E-state index is -4.43. The monoisotopic (exact) mass is 300 g/mol. The van der Waals surface area contributed by atoms with Crippen LogP contribution in [0.1, 0.15) is 22.7 Å². The lowest BCUT2D eigenvalue weighted by Crippen LogP contribution is -2.30. The van der Waals surface area contributed by atoms with Crippen molar-refractivity contribution in [2.45, 2.75) is 12.2 Å². The van der Waals surface area contributed by atoms with Crippen molar-refractivity contribution in [1.29, 1.82) is 0 Å². The number of hydrazine groups is 1. The summed E-state index contributed by atoms with van der Waals surface area (Å²) < 4.78 is 39.1. The van der Waals surface area contributed by atoms with Gasteiger partial charge in [-0.05, 0) is 29.3 Å². The number of rotatable bonds is 3. The Balaban J connectivity index is 2.50. The van der Waals surface area contributed by atoms with Gasteiger partial charge in [0.05, 0.1) is 11.6 Å². The van der Waals surface area contributed by atoms with Crippen LogP contribution in [0.3, 0.4) is 0 Å². The fraction of sp³-hybridized carbons (Fsp3) is 0.143. The summed E-state index contributed by atoms with van der Waals surface area (Å²) >= 11 is 5.78. The summed E-state index contributed by atoms with van der Waals surface area (Å²) in [6.45, 7) is 0. The van der Waals surface area contributed by atoms with Crippen LogP contribution in [0.2, 0.25) is 5.02 Å². The fourth-order valence-corrected chi connectivity index (χ4v) is 2.15. The van der Waals surface area contributed by atoms with Crippen LogP contribution in [0.25, 0.3) is 0 Å². The Morgan fingerprint density at radius 2 is 1.60 bits per heavy atom. The van der Waals surface area contributed by atoms with Gasteiger partial charge in [0, 0.05) is 5.02 Å². The second kappa shape index (κ2) is 5.83. The Labute approximate surface area is 119 Å². The van der Waals surface area contributed by atoms with Gasteiger partial charge >= 0.3 is 6.18 Å². The molecule has 0 saturated heterocycles. The van der Waals surface area contributed by atoms with Crippen LogP contribution in [0.5, 0.6) is 0 Å². The van der Waals surface area contributed by atoms with E-state index in [1.54, 1.807) is 30.3 Å². The second-order valence-corrected chi connectivity index (χ2v) is 4.67. The molecule has 0 amide bonds. The maximum atomic E-state index is 13.0. The van der Waals surface area contributed by atoms with Gasteiger partial charge in [-0.15, -0.1) is 0 Å². The number of nitrogens with two attached hydrogens (primary N) is 1. The number of nitrogens with one attached hydrogen (secondary N) is 1. The maximum Gasteiger partial charge on any atom is 0.416 e. The van der Waals surface area contributed by atoms with E-state index in [0.717, 1.165) is 6.07 Å². The Morgan fingerprint density at radius 1 is 1.00 bits per heavy atom. The third kappa shape index (κ3) is 3.12. The van der Waals surface area contributed by atoms with Crippen molar-refractivity contribution in [3.63, 3.8) is 0 Å². The Bertz CT molecular complexity index is 582. The molecule has 6 heteroatoms. The summed E-state index contributed by atoms with van der Waals surface area (Å²) in [5.74, 6) is 5.44. The molecule has 2 aromatic rings. The minimum absolute atomic E-state index is 0.0739. The van der Waals surface area contributed by atoms with Crippen LogP contribution >= 0.6 is 11.6 Å². The van der Waals surface area contributed by atoms with E-state index in [1.807, 2.05) is 0 Å². The highest BCUT2D eigenvalue weighted by atomic mass is 35.5. The van der Waals surface area contributed by atoms with Gasteiger partial charge < -0.3 is 0 Å². The molecule has 106 valence electrons. The van der Waals surface area contributed by atoms with Crippen molar-refractivity contribution >= 4 is 11.6 Å². The lowest BCUT2D eigenvalue weighted by molar-refractivity contribution is -0.138. The van der Waals surface area contributed by atoms with Crippen LogP contribution < -0.4 is 11.3 Å². The predicted molar refractivity (Wildman–Crippen MR) is 72.1 cm³/mol. The number of alkyl halides is 3. The molecule has 2 nitrogen and oxygen atoms in total. The van der Waals surface area contributed by atoms with E-state index in [4.69, 9.17) is 17.4 Å². The van der Waals surface area contributed by atoms with Crippen molar-refractivity contribution in [1.82, 2.24) is 5.43 Å². The standard InChI is InChI=1S/C14H12ClF3N2/c15-10-7-5-9(6-8-10)13(20-19)11-3-1-2-4-12(11)14(16,17)18/h1-8,13,20H,19H2. The first kappa shape index (κ1) is 14.8. The molecular formula is C14H12ClF3N2. The highest BCUT2D eigenvalue weighted by Crippen LogP contribution is 2.36. The lowest BCUT2D eigenvalue weighted by Gasteiger charge is -2.21. The van der Waals surface area contributed by atoms with Gasteiger partial charge in [0.25, 0.3) is 0 Å². The van der Waals surface area contributed by atoms with Crippen molar-refractivity contribution in [3.8, 4) is 0 Å². The molecule has 3 N–H and O–H groups in total. The Hall–Kier alpha value is -1.56. The van der Waals surface area contributed by atoms with Gasteiger partial charge in [0.2, 0.25) is 0 Å². The smallest absolute Gasteiger partial charge is 0.271 e. The van der Waals surface area contributed by atoms with Crippen LogP contribution in [0.15, 0.2) is 48.5 Å². The number of benzene rings is 2. The first-order valence-corrected chi connectivity index (χ1v) is 6.19. The van der Waals surface area contributed by atoms with E-state index in [1.165, 1.54) is 12.1 Å². The third-order valence-electron chi connectivity index (χ3n) is 2.95. The third-order valence-corrected chi connectivity index (χ3v) is 3.20. The molecular weight excluding hydrogens is 289 g/mol. The zero-order chi connectivity index (χ0) is 14.8. The van der Waals surface area contributed by atoms with Crippen LogP contribution in [-0.4, -0.2) is 0 Å². The molecule has 0 heterocycles. The van der Waals surface area contributed by atoms with Crippen LogP contribution in [-0.2, 0) is 6.18 Å². The first-order chi connectivity index (χ1) is 9.43. The fourth-order valence-electron chi connectivity index (χ4n) is 2.03. The molecule has 2 aromatic carbocycles. The van der Waals surface area contributed by atoms with E-state index < -0.39 is 17.8 Å². The number of halogens is 4. The largest absolute Gasteiger partial charge is 0.416 e. The van der Waals surface area contributed by atoms with Crippen LogP contribution in [0, 0.1) is 0 Å².